The summed E-state index contributed by atoms with van der Waals surface area (Å²) in [6.07, 6.45) is 3.88. The molecule has 1 aromatic heterocycles. The lowest BCUT2D eigenvalue weighted by Gasteiger charge is -2.25. The molecule has 3 nitrogen and oxygen atoms in total. The van der Waals surface area contributed by atoms with E-state index in [-0.39, 0.29) is 0 Å². The van der Waals surface area contributed by atoms with Crippen molar-refractivity contribution in [1.29, 1.82) is 0 Å². The first kappa shape index (κ1) is 10.6. The molecule has 0 aliphatic carbocycles. The smallest absolute Gasteiger partial charge is 0.345 e. The molecule has 1 aromatic rings. The molecule has 1 N–H and O–H groups in total. The highest BCUT2D eigenvalue weighted by Gasteiger charge is 2.12. The first-order valence-corrected chi connectivity index (χ1v) is 6.17. The quantitative estimate of drug-likeness (QED) is 0.859. The minimum absolute atomic E-state index is 0.446. The standard InChI is InChI=1S/C11H15NO2S/c13-11(14)10-6-9(8-15-10)7-12-4-2-1-3-5-12/h6,8H,1-5,7H2,(H,13,14). The Balaban J connectivity index is 1.94. The molecule has 0 radical (unpaired) electrons. The highest BCUT2D eigenvalue weighted by Crippen LogP contribution is 2.18. The first-order valence-electron chi connectivity index (χ1n) is 5.29. The number of nitrogens with zero attached hydrogens (tertiary/aromatic N) is 1. The zero-order valence-electron chi connectivity index (χ0n) is 8.61. The SMILES string of the molecule is O=C(O)c1cc(CN2CCCCC2)cs1. The number of thiophene rings is 1. The van der Waals surface area contributed by atoms with Gasteiger partial charge in [-0.1, -0.05) is 6.42 Å². The second kappa shape index (κ2) is 4.77. The van der Waals surface area contributed by atoms with Crippen molar-refractivity contribution in [3.63, 3.8) is 0 Å². The van der Waals surface area contributed by atoms with Crippen LogP contribution >= 0.6 is 11.3 Å². The Bertz CT molecular complexity index is 342. The minimum Gasteiger partial charge on any atom is -0.477 e. The van der Waals surface area contributed by atoms with E-state index in [1.807, 2.05) is 5.38 Å². The highest BCUT2D eigenvalue weighted by atomic mass is 32.1. The predicted molar refractivity (Wildman–Crippen MR) is 60.4 cm³/mol. The molecule has 0 bridgehead atoms. The molecule has 0 unspecified atom stereocenters. The topological polar surface area (TPSA) is 40.5 Å². The molecule has 0 atom stereocenters. The third-order valence-corrected chi connectivity index (χ3v) is 3.69. The average Bonchev–Trinajstić information content (AvgIpc) is 2.68. The molecule has 0 saturated carbocycles. The van der Waals surface area contributed by atoms with E-state index in [0.29, 0.717) is 4.88 Å². The lowest BCUT2D eigenvalue weighted by atomic mass is 10.1. The van der Waals surface area contributed by atoms with Gasteiger partial charge in [-0.3, -0.25) is 4.90 Å². The van der Waals surface area contributed by atoms with Crippen molar-refractivity contribution in [2.24, 2.45) is 0 Å². The van der Waals surface area contributed by atoms with Crippen molar-refractivity contribution in [2.75, 3.05) is 13.1 Å². The normalized spacial score (nSPS) is 17.9. The summed E-state index contributed by atoms with van der Waals surface area (Å²) in [5, 5.41) is 10.8. The van der Waals surface area contributed by atoms with Crippen LogP contribution < -0.4 is 0 Å². The largest absolute Gasteiger partial charge is 0.477 e. The maximum absolute atomic E-state index is 10.7. The Hall–Kier alpha value is -0.870. The Morgan fingerprint density at radius 3 is 2.73 bits per heavy atom. The molecular weight excluding hydrogens is 210 g/mol. The van der Waals surface area contributed by atoms with Crippen LogP contribution in [0.3, 0.4) is 0 Å². The van der Waals surface area contributed by atoms with Crippen LogP contribution in [0.4, 0.5) is 0 Å². The summed E-state index contributed by atoms with van der Waals surface area (Å²) in [7, 11) is 0. The summed E-state index contributed by atoms with van der Waals surface area (Å²) < 4.78 is 0. The van der Waals surface area contributed by atoms with Crippen LogP contribution in [0.2, 0.25) is 0 Å². The second-order valence-corrected chi connectivity index (χ2v) is 4.87. The van der Waals surface area contributed by atoms with Gasteiger partial charge in [-0.15, -0.1) is 11.3 Å². The molecule has 1 aliphatic heterocycles. The van der Waals surface area contributed by atoms with Crippen molar-refractivity contribution in [3.8, 4) is 0 Å². The summed E-state index contributed by atoms with van der Waals surface area (Å²) in [6.45, 7) is 3.21. The molecular formula is C11H15NO2S. The van der Waals surface area contributed by atoms with Gasteiger partial charge in [0.15, 0.2) is 0 Å². The zero-order chi connectivity index (χ0) is 10.7. The number of carbonyl (C=O) groups is 1. The first-order chi connectivity index (χ1) is 7.25. The van der Waals surface area contributed by atoms with Gasteiger partial charge in [0.2, 0.25) is 0 Å². The molecule has 0 spiro atoms. The number of hydrogen-bond acceptors (Lipinski definition) is 3. The van der Waals surface area contributed by atoms with Crippen molar-refractivity contribution >= 4 is 17.3 Å². The lowest BCUT2D eigenvalue weighted by molar-refractivity contribution is 0.0702. The van der Waals surface area contributed by atoms with Gasteiger partial charge in [0.25, 0.3) is 0 Å². The Kier molecular flexibility index (Phi) is 3.38. The van der Waals surface area contributed by atoms with Gasteiger partial charge in [0, 0.05) is 6.54 Å². The van der Waals surface area contributed by atoms with Crippen molar-refractivity contribution in [3.05, 3.63) is 21.9 Å². The Morgan fingerprint density at radius 1 is 1.40 bits per heavy atom. The monoisotopic (exact) mass is 225 g/mol. The van der Waals surface area contributed by atoms with Crippen LogP contribution in [0.15, 0.2) is 11.4 Å². The fourth-order valence-corrected chi connectivity index (χ4v) is 2.69. The van der Waals surface area contributed by atoms with Gasteiger partial charge in [-0.05, 0) is 42.9 Å². The van der Waals surface area contributed by atoms with E-state index in [9.17, 15) is 4.79 Å². The summed E-state index contributed by atoms with van der Waals surface area (Å²) in [6, 6.07) is 1.79. The van der Waals surface area contributed by atoms with E-state index in [1.54, 1.807) is 6.07 Å². The van der Waals surface area contributed by atoms with Crippen LogP contribution in [-0.4, -0.2) is 29.1 Å². The summed E-state index contributed by atoms with van der Waals surface area (Å²) in [5.74, 6) is -0.815. The fourth-order valence-electron chi connectivity index (χ4n) is 1.95. The summed E-state index contributed by atoms with van der Waals surface area (Å²) >= 11 is 1.32. The summed E-state index contributed by atoms with van der Waals surface area (Å²) in [5.41, 5.74) is 1.14. The van der Waals surface area contributed by atoms with E-state index < -0.39 is 5.97 Å². The van der Waals surface area contributed by atoms with E-state index >= 15 is 0 Å². The molecule has 0 amide bonds. The van der Waals surface area contributed by atoms with Gasteiger partial charge < -0.3 is 5.11 Å². The third kappa shape index (κ3) is 2.79. The highest BCUT2D eigenvalue weighted by molar-refractivity contribution is 7.12. The van der Waals surface area contributed by atoms with E-state index in [2.05, 4.69) is 4.90 Å². The molecule has 82 valence electrons. The maximum atomic E-state index is 10.7. The molecule has 1 fully saturated rings. The fraction of sp³-hybridized carbons (Fsp3) is 0.545. The Labute approximate surface area is 93.3 Å². The van der Waals surface area contributed by atoms with Crippen LogP contribution in [0.1, 0.15) is 34.5 Å². The number of aromatic carboxylic acids is 1. The number of rotatable bonds is 3. The number of piperidine rings is 1. The van der Waals surface area contributed by atoms with Crippen molar-refractivity contribution in [1.82, 2.24) is 4.90 Å². The zero-order valence-corrected chi connectivity index (χ0v) is 9.42. The lowest BCUT2D eigenvalue weighted by Crippen LogP contribution is -2.28. The van der Waals surface area contributed by atoms with Gasteiger partial charge >= 0.3 is 5.97 Å². The maximum Gasteiger partial charge on any atom is 0.345 e. The predicted octanol–water partition coefficient (Wildman–Crippen LogP) is 2.43. The molecule has 1 aliphatic rings. The van der Waals surface area contributed by atoms with Gasteiger partial charge in [-0.2, -0.15) is 0 Å². The molecule has 2 heterocycles. The van der Waals surface area contributed by atoms with E-state index in [0.717, 1.165) is 25.2 Å². The number of carboxylic acids is 1. The molecule has 2 rings (SSSR count). The van der Waals surface area contributed by atoms with Crippen molar-refractivity contribution < 1.29 is 9.90 Å². The number of carboxylic acid groups (broad SMARTS) is 1. The van der Waals surface area contributed by atoms with Gasteiger partial charge in [0.1, 0.15) is 4.88 Å². The Morgan fingerprint density at radius 2 is 2.13 bits per heavy atom. The van der Waals surface area contributed by atoms with E-state index in [4.69, 9.17) is 5.11 Å². The third-order valence-electron chi connectivity index (χ3n) is 2.72. The molecule has 1 saturated heterocycles. The number of likely N-dealkylation sites (tertiary alicyclic amines) is 1. The second-order valence-electron chi connectivity index (χ2n) is 3.96. The van der Waals surface area contributed by atoms with Crippen LogP contribution in [0.5, 0.6) is 0 Å². The molecule has 15 heavy (non-hydrogen) atoms. The summed E-state index contributed by atoms with van der Waals surface area (Å²) in [4.78, 5) is 13.5. The van der Waals surface area contributed by atoms with Crippen LogP contribution in [-0.2, 0) is 6.54 Å². The average molecular weight is 225 g/mol. The number of hydrogen-bond donors (Lipinski definition) is 1. The molecule has 0 aromatic carbocycles. The van der Waals surface area contributed by atoms with Crippen LogP contribution in [0, 0.1) is 0 Å². The van der Waals surface area contributed by atoms with Crippen molar-refractivity contribution in [2.45, 2.75) is 25.8 Å². The minimum atomic E-state index is -0.815. The van der Waals surface area contributed by atoms with Crippen LogP contribution in [0.25, 0.3) is 0 Å². The molecule has 4 heteroatoms. The van der Waals surface area contributed by atoms with Gasteiger partial charge in [-0.25, -0.2) is 4.79 Å². The van der Waals surface area contributed by atoms with Gasteiger partial charge in [0.05, 0.1) is 0 Å². The van der Waals surface area contributed by atoms with E-state index in [1.165, 1.54) is 30.6 Å².